The van der Waals surface area contributed by atoms with Crippen molar-refractivity contribution >= 4 is 23.5 Å². The fourth-order valence-corrected chi connectivity index (χ4v) is 4.32. The lowest BCUT2D eigenvalue weighted by molar-refractivity contribution is -0.113. The van der Waals surface area contributed by atoms with E-state index in [0.717, 1.165) is 5.56 Å². The van der Waals surface area contributed by atoms with Crippen molar-refractivity contribution in [2.45, 2.75) is 19.9 Å². The maximum atomic E-state index is 14.1. The summed E-state index contributed by atoms with van der Waals surface area (Å²) in [4.78, 5) is 30.4. The number of hydrogen-bond acceptors (Lipinski definition) is 7. The summed E-state index contributed by atoms with van der Waals surface area (Å²) in [5.41, 5.74) is 3.07. The van der Waals surface area contributed by atoms with Crippen molar-refractivity contribution in [1.82, 2.24) is 14.8 Å². The standard InChI is InChI=1S/C28H24FN5O4/c1-16-8-4-7-11-21(16)33-26(35)24-17(2)32-28-30-15-31-34(28)25(24)18-12-13-22(23(14-18)37-3)38-27(36)19-9-5-6-10-20(19)29/h4-15,25H,1-3H3,(H,33,35)(H,30,31,32)/t25-/m1/s1. The molecule has 0 aliphatic carbocycles. The first-order chi connectivity index (χ1) is 18.4. The zero-order valence-electron chi connectivity index (χ0n) is 20.9. The van der Waals surface area contributed by atoms with E-state index >= 15 is 0 Å². The molecule has 38 heavy (non-hydrogen) atoms. The van der Waals surface area contributed by atoms with E-state index in [9.17, 15) is 14.0 Å². The molecule has 9 nitrogen and oxygen atoms in total. The number of allylic oxidation sites excluding steroid dienone is 1. The first-order valence-electron chi connectivity index (χ1n) is 11.8. The van der Waals surface area contributed by atoms with Crippen molar-refractivity contribution in [3.63, 3.8) is 0 Å². The first kappa shape index (κ1) is 24.7. The summed E-state index contributed by atoms with van der Waals surface area (Å²) in [7, 11) is 1.43. The predicted molar refractivity (Wildman–Crippen MR) is 139 cm³/mol. The molecule has 1 atom stereocenters. The van der Waals surface area contributed by atoms with Gasteiger partial charge in [-0.1, -0.05) is 36.4 Å². The van der Waals surface area contributed by atoms with Crippen molar-refractivity contribution < 1.29 is 23.5 Å². The molecule has 4 aromatic rings. The maximum absolute atomic E-state index is 14.1. The smallest absolute Gasteiger partial charge is 0.346 e. The molecule has 0 unspecified atom stereocenters. The Labute approximate surface area is 217 Å². The molecule has 0 radical (unpaired) electrons. The molecule has 0 fully saturated rings. The minimum Gasteiger partial charge on any atom is -0.493 e. The minimum absolute atomic E-state index is 0.101. The Morgan fingerprint density at radius 2 is 1.79 bits per heavy atom. The van der Waals surface area contributed by atoms with E-state index in [0.29, 0.717) is 28.5 Å². The van der Waals surface area contributed by atoms with Gasteiger partial charge in [-0.3, -0.25) is 4.79 Å². The van der Waals surface area contributed by atoms with Crippen LogP contribution < -0.4 is 20.1 Å². The topological polar surface area (TPSA) is 107 Å². The summed E-state index contributed by atoms with van der Waals surface area (Å²) in [6.07, 6.45) is 1.40. The van der Waals surface area contributed by atoms with Crippen molar-refractivity contribution in [3.05, 3.63) is 107 Å². The second kappa shape index (κ2) is 10.2. The van der Waals surface area contributed by atoms with Gasteiger partial charge in [0.05, 0.1) is 18.2 Å². The van der Waals surface area contributed by atoms with Gasteiger partial charge in [-0.15, -0.1) is 0 Å². The van der Waals surface area contributed by atoms with Crippen LogP contribution in [0.15, 0.2) is 84.3 Å². The number of hydrogen-bond donors (Lipinski definition) is 2. The molecule has 3 aromatic carbocycles. The van der Waals surface area contributed by atoms with E-state index in [2.05, 4.69) is 20.7 Å². The zero-order chi connectivity index (χ0) is 26.8. The molecule has 192 valence electrons. The van der Waals surface area contributed by atoms with Crippen LogP contribution in [0.3, 0.4) is 0 Å². The van der Waals surface area contributed by atoms with E-state index in [4.69, 9.17) is 9.47 Å². The number of fused-ring (bicyclic) bond motifs is 1. The average Bonchev–Trinajstić information content (AvgIpc) is 3.37. The SMILES string of the molecule is COc1cc([C@@H]2C(C(=O)Nc3ccccc3C)=C(C)Nc3ncnn32)ccc1OC(=O)c1ccccc1F. The number of rotatable bonds is 6. The first-order valence-corrected chi connectivity index (χ1v) is 11.8. The number of methoxy groups -OCH3 is 1. The summed E-state index contributed by atoms with van der Waals surface area (Å²) in [6, 6.07) is 17.3. The van der Waals surface area contributed by atoms with Gasteiger partial charge in [-0.05, 0) is 55.3 Å². The third-order valence-electron chi connectivity index (χ3n) is 6.23. The van der Waals surface area contributed by atoms with Crippen LogP contribution in [0.4, 0.5) is 16.0 Å². The summed E-state index contributed by atoms with van der Waals surface area (Å²) in [5, 5.41) is 10.5. The molecule has 0 saturated heterocycles. The van der Waals surface area contributed by atoms with E-state index in [1.165, 1.54) is 37.7 Å². The molecular weight excluding hydrogens is 489 g/mol. The van der Waals surface area contributed by atoms with Crippen molar-refractivity contribution in [3.8, 4) is 11.5 Å². The number of para-hydroxylation sites is 1. The van der Waals surface area contributed by atoms with Gasteiger partial charge in [0, 0.05) is 11.4 Å². The van der Waals surface area contributed by atoms with Crippen LogP contribution in [0.2, 0.25) is 0 Å². The third-order valence-corrected chi connectivity index (χ3v) is 6.23. The number of halogens is 1. The summed E-state index contributed by atoms with van der Waals surface area (Å²) >= 11 is 0. The maximum Gasteiger partial charge on any atom is 0.346 e. The van der Waals surface area contributed by atoms with Crippen LogP contribution in [0, 0.1) is 12.7 Å². The molecule has 10 heteroatoms. The molecule has 1 aromatic heterocycles. The Balaban J connectivity index is 1.51. The van der Waals surface area contributed by atoms with Gasteiger partial charge in [-0.25, -0.2) is 13.9 Å². The molecule has 2 heterocycles. The van der Waals surface area contributed by atoms with Crippen LogP contribution in [-0.2, 0) is 4.79 Å². The Morgan fingerprint density at radius 3 is 2.55 bits per heavy atom. The molecule has 1 aliphatic heterocycles. The highest BCUT2D eigenvalue weighted by atomic mass is 19.1. The van der Waals surface area contributed by atoms with Gasteiger partial charge in [0.25, 0.3) is 5.91 Å². The fourth-order valence-electron chi connectivity index (χ4n) is 4.32. The normalized spacial score (nSPS) is 14.4. The number of aromatic nitrogens is 3. The number of anilines is 2. The molecule has 0 spiro atoms. The van der Waals surface area contributed by atoms with Gasteiger partial charge in [0.15, 0.2) is 11.5 Å². The van der Waals surface area contributed by atoms with Crippen LogP contribution >= 0.6 is 0 Å². The van der Waals surface area contributed by atoms with E-state index in [1.54, 1.807) is 29.8 Å². The number of carbonyl (C=O) groups excluding carboxylic acids is 2. The molecule has 2 N–H and O–H groups in total. The lowest BCUT2D eigenvalue weighted by Crippen LogP contribution is -2.31. The monoisotopic (exact) mass is 513 g/mol. The molecule has 5 rings (SSSR count). The van der Waals surface area contributed by atoms with Crippen LogP contribution in [0.5, 0.6) is 11.5 Å². The Bertz CT molecular complexity index is 1580. The summed E-state index contributed by atoms with van der Waals surface area (Å²) < 4.78 is 26.6. The van der Waals surface area contributed by atoms with Crippen LogP contribution in [0.25, 0.3) is 0 Å². The lowest BCUT2D eigenvalue weighted by Gasteiger charge is -2.29. The van der Waals surface area contributed by atoms with Gasteiger partial charge >= 0.3 is 5.97 Å². The quantitative estimate of drug-likeness (QED) is 0.279. The van der Waals surface area contributed by atoms with Gasteiger partial charge in [-0.2, -0.15) is 10.1 Å². The summed E-state index contributed by atoms with van der Waals surface area (Å²) in [6.45, 7) is 3.70. The molecule has 0 saturated carbocycles. The highest BCUT2D eigenvalue weighted by Gasteiger charge is 2.34. The minimum atomic E-state index is -0.858. The number of esters is 1. The van der Waals surface area contributed by atoms with Gasteiger partial charge in [0.1, 0.15) is 18.2 Å². The Kier molecular flexibility index (Phi) is 6.61. The highest BCUT2D eigenvalue weighted by molar-refractivity contribution is 6.06. The molecule has 1 amide bonds. The molecule has 1 aliphatic rings. The van der Waals surface area contributed by atoms with Gasteiger partial charge in [0.2, 0.25) is 5.95 Å². The second-order valence-electron chi connectivity index (χ2n) is 8.64. The Hall–Kier alpha value is -4.99. The zero-order valence-corrected chi connectivity index (χ0v) is 20.9. The van der Waals surface area contributed by atoms with Crippen molar-refractivity contribution in [1.29, 1.82) is 0 Å². The lowest BCUT2D eigenvalue weighted by atomic mass is 9.94. The van der Waals surface area contributed by atoms with Crippen molar-refractivity contribution in [2.75, 3.05) is 17.7 Å². The van der Waals surface area contributed by atoms with Crippen molar-refractivity contribution in [2.24, 2.45) is 0 Å². The number of amides is 1. The number of carbonyl (C=O) groups is 2. The average molecular weight is 514 g/mol. The fraction of sp³-hybridized carbons (Fsp3) is 0.143. The van der Waals surface area contributed by atoms with Gasteiger partial charge < -0.3 is 20.1 Å². The predicted octanol–water partition coefficient (Wildman–Crippen LogP) is 4.88. The number of nitrogens with zero attached hydrogens (tertiary/aromatic N) is 3. The summed E-state index contributed by atoms with van der Waals surface area (Å²) in [5.74, 6) is -1.07. The second-order valence-corrected chi connectivity index (χ2v) is 8.64. The van der Waals surface area contributed by atoms with Crippen LogP contribution in [0.1, 0.15) is 34.5 Å². The number of benzene rings is 3. The van der Waals surface area contributed by atoms with E-state index in [-0.39, 0.29) is 23.0 Å². The molecule has 0 bridgehead atoms. The number of ether oxygens (including phenoxy) is 2. The third kappa shape index (κ3) is 4.59. The largest absolute Gasteiger partial charge is 0.493 e. The molecular formula is C28H24FN5O4. The highest BCUT2D eigenvalue weighted by Crippen LogP contribution is 2.39. The van der Waals surface area contributed by atoms with E-state index in [1.807, 2.05) is 31.2 Å². The van der Waals surface area contributed by atoms with E-state index < -0.39 is 17.8 Å². The van der Waals surface area contributed by atoms with Crippen LogP contribution in [-0.4, -0.2) is 33.8 Å². The Morgan fingerprint density at radius 1 is 1.03 bits per heavy atom. The number of aryl methyl sites for hydroxylation is 1. The number of nitrogens with one attached hydrogen (secondary N) is 2.